The third-order valence-corrected chi connectivity index (χ3v) is 16.5. The number of nitrogens with one attached hydrogen (secondary N) is 2. The molecule has 10 aromatic rings. The Morgan fingerprint density at radius 1 is 0.570 bits per heavy atom. The lowest BCUT2D eigenvalue weighted by Crippen LogP contribution is -2.35. The van der Waals surface area contributed by atoms with E-state index >= 15 is 8.78 Å². The fourth-order valence-electron chi connectivity index (χ4n) is 11.7. The second kappa shape index (κ2) is 20.4. The number of aryl methyl sites for hydroxylation is 4. The molecule has 0 amide bonds. The molecule has 4 aromatic carbocycles. The minimum absolute atomic E-state index is 0.0831. The van der Waals surface area contributed by atoms with Gasteiger partial charge in [0.2, 0.25) is 11.8 Å². The van der Waals surface area contributed by atoms with Crippen molar-refractivity contribution in [3.63, 3.8) is 0 Å². The summed E-state index contributed by atoms with van der Waals surface area (Å²) in [5.74, 6) is 2.32. The van der Waals surface area contributed by atoms with Crippen LogP contribution in [0.15, 0.2) is 106 Å². The number of hydrogen-bond acceptors (Lipinski definition) is 13. The van der Waals surface area contributed by atoms with Gasteiger partial charge >= 0.3 is 0 Å². The van der Waals surface area contributed by atoms with Crippen molar-refractivity contribution >= 4 is 22.2 Å². The Morgan fingerprint density at radius 3 is 1.57 bits per heavy atom. The Kier molecular flexibility index (Phi) is 12.8. The summed E-state index contributed by atoms with van der Waals surface area (Å²) < 4.78 is 47.8. The van der Waals surface area contributed by atoms with Crippen LogP contribution in [0.25, 0.3) is 90.4 Å². The molecule has 0 bridgehead atoms. The number of rotatable bonds is 18. The van der Waals surface area contributed by atoms with Gasteiger partial charge < -0.3 is 33.7 Å². The third kappa shape index (κ3) is 10.0. The molecule has 0 aliphatic heterocycles. The van der Waals surface area contributed by atoms with Crippen LogP contribution in [0.5, 0.6) is 0 Å². The molecule has 17 heteroatoms. The molecule has 14 rings (SSSR count). The molecule has 4 aliphatic carbocycles. The maximum absolute atomic E-state index is 15.5. The Bertz CT molecular complexity index is 3940. The third-order valence-electron chi connectivity index (χ3n) is 16.5. The van der Waals surface area contributed by atoms with Gasteiger partial charge in [0.25, 0.3) is 0 Å². The van der Waals surface area contributed by atoms with Crippen molar-refractivity contribution in [1.82, 2.24) is 60.1 Å². The van der Waals surface area contributed by atoms with Crippen LogP contribution in [0, 0.1) is 31.4 Å². The molecule has 2 atom stereocenters. The standard InChI is InChI=1S/C62H60F2N12O3/c1-34-19-37(30-65-29-36-5-3-6-36)21-52-57(34)78-61(71-52)54-25-41(23-50(69-54)39-9-10-39)45-15-13-43(63)27-47(45)59-73-67-32-75(59)17-18-76-33-68-74-60(76)48-28-44(64)14-16-46(48)42-24-51(40-11-12-40)70-55(26-42)62-72-53-22-38(20-35(2)58(53)79-62)31-66-49-7-4-8-56(49)77/h13-16,19-28,32-33,36,39-40,49,56,65-66,77H,3-12,17-18,29-31H2,1-2H3/t49-,56+/m1/s1. The van der Waals surface area contributed by atoms with Gasteiger partial charge in [0, 0.05) is 66.6 Å². The van der Waals surface area contributed by atoms with Crippen molar-refractivity contribution in [1.29, 1.82) is 0 Å². The summed E-state index contributed by atoms with van der Waals surface area (Å²) in [4.78, 5) is 20.2. The van der Waals surface area contributed by atoms with Crippen LogP contribution in [-0.2, 0) is 26.2 Å². The summed E-state index contributed by atoms with van der Waals surface area (Å²) in [6.45, 7) is 7.19. The van der Waals surface area contributed by atoms with E-state index in [0.717, 1.165) is 131 Å². The molecule has 79 heavy (non-hydrogen) atoms. The lowest BCUT2D eigenvalue weighted by atomic mass is 9.85. The number of nitrogens with zero attached hydrogens (tertiary/aromatic N) is 10. The molecule has 4 aliphatic rings. The van der Waals surface area contributed by atoms with Crippen molar-refractivity contribution in [2.45, 2.75) is 128 Å². The summed E-state index contributed by atoms with van der Waals surface area (Å²) in [5, 5.41) is 35.4. The summed E-state index contributed by atoms with van der Waals surface area (Å²) in [6, 6.07) is 26.0. The van der Waals surface area contributed by atoms with Gasteiger partial charge in [-0.05, 0) is 189 Å². The molecule has 0 spiro atoms. The van der Waals surface area contributed by atoms with Gasteiger partial charge in [0.1, 0.15) is 46.7 Å². The number of fused-ring (bicyclic) bond motifs is 2. The second-order valence-corrected chi connectivity index (χ2v) is 22.4. The fourth-order valence-corrected chi connectivity index (χ4v) is 11.7. The van der Waals surface area contributed by atoms with E-state index in [2.05, 4.69) is 68.3 Å². The number of hydrogen-bond donors (Lipinski definition) is 3. The van der Waals surface area contributed by atoms with Crippen LogP contribution in [0.3, 0.4) is 0 Å². The van der Waals surface area contributed by atoms with Gasteiger partial charge in [-0.3, -0.25) is 0 Å². The molecule has 4 saturated carbocycles. The second-order valence-electron chi connectivity index (χ2n) is 22.4. The topological polar surface area (TPSA) is 184 Å². The van der Waals surface area contributed by atoms with Crippen LogP contribution >= 0.6 is 0 Å². The van der Waals surface area contributed by atoms with E-state index in [-0.39, 0.29) is 12.1 Å². The van der Waals surface area contributed by atoms with Crippen LogP contribution < -0.4 is 10.6 Å². The first-order valence-electron chi connectivity index (χ1n) is 27.9. The largest absolute Gasteiger partial charge is 0.434 e. The van der Waals surface area contributed by atoms with E-state index in [0.29, 0.717) is 83.0 Å². The first kappa shape index (κ1) is 49.4. The minimum Gasteiger partial charge on any atom is -0.434 e. The first-order valence-corrected chi connectivity index (χ1v) is 27.9. The van der Waals surface area contributed by atoms with Gasteiger partial charge in [-0.2, -0.15) is 0 Å². The van der Waals surface area contributed by atoms with Crippen LogP contribution in [0.2, 0.25) is 0 Å². The van der Waals surface area contributed by atoms with E-state index in [1.807, 2.05) is 34.3 Å². The number of aliphatic hydroxyl groups excluding tert-OH is 1. The maximum atomic E-state index is 15.5. The molecule has 6 heterocycles. The lowest BCUT2D eigenvalue weighted by Gasteiger charge is -2.25. The van der Waals surface area contributed by atoms with E-state index in [1.165, 1.54) is 49.1 Å². The molecule has 0 unspecified atom stereocenters. The van der Waals surface area contributed by atoms with Crippen molar-refractivity contribution < 1.29 is 22.7 Å². The molecule has 6 aromatic heterocycles. The number of pyridine rings is 2. The highest BCUT2D eigenvalue weighted by Gasteiger charge is 2.30. The van der Waals surface area contributed by atoms with Crippen molar-refractivity contribution in [2.75, 3.05) is 6.54 Å². The number of aliphatic hydroxyl groups is 1. The number of benzene rings is 4. The number of oxazole rings is 2. The van der Waals surface area contributed by atoms with E-state index in [4.69, 9.17) is 28.8 Å². The maximum Gasteiger partial charge on any atom is 0.246 e. The highest BCUT2D eigenvalue weighted by Crippen LogP contribution is 2.45. The van der Waals surface area contributed by atoms with E-state index < -0.39 is 11.6 Å². The lowest BCUT2D eigenvalue weighted by molar-refractivity contribution is 0.148. The zero-order chi connectivity index (χ0) is 53.3. The minimum atomic E-state index is -0.418. The number of halogens is 2. The van der Waals surface area contributed by atoms with Gasteiger partial charge in [0.15, 0.2) is 22.8 Å². The molecule has 4 fully saturated rings. The summed E-state index contributed by atoms with van der Waals surface area (Å²) in [5.41, 5.74) is 14.5. The summed E-state index contributed by atoms with van der Waals surface area (Å²) >= 11 is 0. The molecule has 400 valence electrons. The van der Waals surface area contributed by atoms with E-state index in [9.17, 15) is 5.11 Å². The quantitative estimate of drug-likeness (QED) is 0.0738. The van der Waals surface area contributed by atoms with Crippen molar-refractivity contribution in [3.8, 4) is 68.2 Å². The average Bonchev–Trinajstić information content (AvgIpc) is 4.33. The van der Waals surface area contributed by atoms with Crippen LogP contribution in [-0.4, -0.2) is 73.3 Å². The molecule has 3 N–H and O–H groups in total. The molecular weight excluding hydrogens is 999 g/mol. The normalized spacial score (nSPS) is 17.6. The Labute approximate surface area is 455 Å². The van der Waals surface area contributed by atoms with Gasteiger partial charge in [-0.1, -0.05) is 30.7 Å². The Morgan fingerprint density at radius 2 is 1.09 bits per heavy atom. The number of aromatic nitrogens is 10. The Hall–Kier alpha value is -7.86. The molecule has 0 radical (unpaired) electrons. The monoisotopic (exact) mass is 1060 g/mol. The van der Waals surface area contributed by atoms with E-state index in [1.54, 1.807) is 24.8 Å². The average molecular weight is 1060 g/mol. The Balaban J connectivity index is 0.749. The smallest absolute Gasteiger partial charge is 0.246 e. The molecule has 0 saturated heterocycles. The molecule has 15 nitrogen and oxygen atoms in total. The SMILES string of the molecule is Cc1cc(CNCC2CCC2)cc2nc(-c3cc(-c4ccc(F)cc4-c4nncn4CCn4cnnc4-c4cc(F)ccc4-c4cc(-c5nc6cc(CN[C@@H]7CCC[C@@H]7O)cc(C)c6o5)nc(C5CC5)c4)cc(C4CC4)n3)oc12. The fraction of sp³-hybridized carbons (Fsp3) is 0.355. The van der Waals surface area contributed by atoms with Gasteiger partial charge in [-0.15, -0.1) is 20.4 Å². The van der Waals surface area contributed by atoms with Gasteiger partial charge in [0.05, 0.1) is 6.10 Å². The van der Waals surface area contributed by atoms with Crippen molar-refractivity contribution in [2.24, 2.45) is 5.92 Å². The van der Waals surface area contributed by atoms with Gasteiger partial charge in [-0.25, -0.2) is 28.7 Å². The highest BCUT2D eigenvalue weighted by molar-refractivity contribution is 5.86. The zero-order valence-corrected chi connectivity index (χ0v) is 44.2. The van der Waals surface area contributed by atoms with Crippen LogP contribution in [0.4, 0.5) is 8.78 Å². The molecular formula is C62H60F2N12O3. The zero-order valence-electron chi connectivity index (χ0n) is 44.2. The van der Waals surface area contributed by atoms with Crippen LogP contribution in [0.1, 0.15) is 110 Å². The predicted octanol–water partition coefficient (Wildman–Crippen LogP) is 12.2. The summed E-state index contributed by atoms with van der Waals surface area (Å²) in [7, 11) is 0. The first-order chi connectivity index (χ1) is 38.6. The summed E-state index contributed by atoms with van der Waals surface area (Å²) in [6.07, 6.45) is 13.8. The highest BCUT2D eigenvalue weighted by atomic mass is 19.1. The van der Waals surface area contributed by atoms with Crippen molar-refractivity contribution in [3.05, 3.63) is 143 Å². The predicted molar refractivity (Wildman–Crippen MR) is 296 cm³/mol.